The van der Waals surface area contributed by atoms with Crippen LogP contribution in [-0.4, -0.2) is 36.6 Å². The molecule has 2 aliphatic rings. The lowest BCUT2D eigenvalue weighted by Crippen LogP contribution is -2.44. The van der Waals surface area contributed by atoms with Gasteiger partial charge in [-0.2, -0.15) is 5.26 Å². The highest BCUT2D eigenvalue weighted by Gasteiger charge is 2.34. The number of nitriles is 1. The molecule has 2 fully saturated rings. The van der Waals surface area contributed by atoms with E-state index in [1.165, 1.54) is 0 Å². The van der Waals surface area contributed by atoms with Gasteiger partial charge in [-0.15, -0.1) is 0 Å². The molecule has 0 aromatic rings. The van der Waals surface area contributed by atoms with Crippen molar-refractivity contribution in [2.45, 2.75) is 25.3 Å². The first-order chi connectivity index (χ1) is 6.81. The van der Waals surface area contributed by atoms with Crippen LogP contribution in [0.15, 0.2) is 0 Å². The Morgan fingerprint density at radius 3 is 3.00 bits per heavy atom. The molecular weight excluding hydrogens is 180 g/mol. The molecule has 76 valence electrons. The molecule has 2 saturated heterocycles. The zero-order valence-corrected chi connectivity index (χ0v) is 8.11. The molecule has 2 atom stereocenters. The molecule has 0 aromatic heterocycles. The van der Waals surface area contributed by atoms with Gasteiger partial charge >= 0.3 is 5.97 Å². The zero-order valence-electron chi connectivity index (χ0n) is 8.11. The molecule has 0 spiro atoms. The number of hydrogen-bond donors (Lipinski definition) is 0. The summed E-state index contributed by atoms with van der Waals surface area (Å²) in [7, 11) is 0. The topological polar surface area (TPSA) is 53.3 Å². The molecule has 2 heterocycles. The van der Waals surface area contributed by atoms with Gasteiger partial charge in [-0.25, -0.2) is 0 Å². The maximum atomic E-state index is 11.3. The molecule has 0 aliphatic carbocycles. The fourth-order valence-corrected chi connectivity index (χ4v) is 2.21. The van der Waals surface area contributed by atoms with Crippen LogP contribution < -0.4 is 0 Å². The van der Waals surface area contributed by atoms with Crippen molar-refractivity contribution in [3.63, 3.8) is 0 Å². The minimum atomic E-state index is -0.108. The van der Waals surface area contributed by atoms with Crippen LogP contribution >= 0.6 is 0 Å². The normalized spacial score (nSPS) is 33.8. The van der Waals surface area contributed by atoms with E-state index in [0.717, 1.165) is 32.4 Å². The van der Waals surface area contributed by atoms with E-state index in [-0.39, 0.29) is 17.9 Å². The van der Waals surface area contributed by atoms with E-state index in [1.54, 1.807) is 0 Å². The SMILES string of the molecule is N#CC1CCCN(C2CCOC2=O)C1. The Morgan fingerprint density at radius 2 is 2.36 bits per heavy atom. The Hall–Kier alpha value is -1.08. The molecule has 2 aliphatic heterocycles. The number of esters is 1. The van der Waals surface area contributed by atoms with Crippen LogP contribution in [0.4, 0.5) is 0 Å². The summed E-state index contributed by atoms with van der Waals surface area (Å²) in [5, 5.41) is 8.82. The molecule has 4 heteroatoms. The monoisotopic (exact) mass is 194 g/mol. The van der Waals surface area contributed by atoms with E-state index in [0.29, 0.717) is 6.61 Å². The maximum Gasteiger partial charge on any atom is 0.323 e. The third-order valence-corrected chi connectivity index (χ3v) is 2.98. The van der Waals surface area contributed by atoms with E-state index in [9.17, 15) is 4.79 Å². The first-order valence-corrected chi connectivity index (χ1v) is 5.11. The highest BCUT2D eigenvalue weighted by molar-refractivity contribution is 5.77. The standard InChI is InChI=1S/C10H14N2O2/c11-6-8-2-1-4-12(7-8)9-3-5-14-10(9)13/h8-9H,1-5,7H2. The first-order valence-electron chi connectivity index (χ1n) is 5.11. The van der Waals surface area contributed by atoms with Gasteiger partial charge in [0.2, 0.25) is 0 Å². The van der Waals surface area contributed by atoms with Gasteiger partial charge in [0, 0.05) is 13.0 Å². The van der Waals surface area contributed by atoms with Gasteiger partial charge < -0.3 is 4.74 Å². The third kappa shape index (κ3) is 1.73. The Morgan fingerprint density at radius 1 is 1.50 bits per heavy atom. The summed E-state index contributed by atoms with van der Waals surface area (Å²) in [6.45, 7) is 2.20. The fraction of sp³-hybridized carbons (Fsp3) is 0.800. The minimum absolute atomic E-state index is 0.0776. The molecule has 2 rings (SSSR count). The van der Waals surface area contributed by atoms with Gasteiger partial charge in [0.05, 0.1) is 18.6 Å². The van der Waals surface area contributed by atoms with Gasteiger partial charge in [0.15, 0.2) is 0 Å². The molecule has 14 heavy (non-hydrogen) atoms. The number of ether oxygens (including phenoxy) is 1. The van der Waals surface area contributed by atoms with E-state index in [4.69, 9.17) is 10.00 Å². The van der Waals surface area contributed by atoms with Gasteiger partial charge in [-0.3, -0.25) is 9.69 Å². The summed E-state index contributed by atoms with van der Waals surface area (Å²) in [6, 6.07) is 2.20. The Labute approximate surface area is 83.4 Å². The van der Waals surface area contributed by atoms with Gasteiger partial charge in [-0.1, -0.05) is 0 Å². The van der Waals surface area contributed by atoms with E-state index in [1.807, 2.05) is 0 Å². The maximum absolute atomic E-state index is 11.3. The molecule has 0 bridgehead atoms. The fourth-order valence-electron chi connectivity index (χ4n) is 2.21. The summed E-state index contributed by atoms with van der Waals surface area (Å²) >= 11 is 0. The lowest BCUT2D eigenvalue weighted by atomic mass is 9.98. The van der Waals surface area contributed by atoms with E-state index >= 15 is 0 Å². The lowest BCUT2D eigenvalue weighted by Gasteiger charge is -2.32. The molecule has 0 saturated carbocycles. The van der Waals surface area contributed by atoms with Crippen LogP contribution in [0.25, 0.3) is 0 Å². The predicted molar refractivity (Wildman–Crippen MR) is 49.3 cm³/mol. The second-order valence-electron chi connectivity index (χ2n) is 3.94. The van der Waals surface area contributed by atoms with Crippen molar-refractivity contribution in [3.8, 4) is 6.07 Å². The van der Waals surface area contributed by atoms with Crippen LogP contribution in [0.3, 0.4) is 0 Å². The quantitative estimate of drug-likeness (QED) is 0.572. The Bertz CT molecular complexity index is 272. The number of carbonyl (C=O) groups excluding carboxylic acids is 1. The Balaban J connectivity index is 1.97. The van der Waals surface area contributed by atoms with Crippen LogP contribution in [-0.2, 0) is 9.53 Å². The van der Waals surface area contributed by atoms with E-state index in [2.05, 4.69) is 11.0 Å². The van der Waals surface area contributed by atoms with E-state index < -0.39 is 0 Å². The number of piperidine rings is 1. The third-order valence-electron chi connectivity index (χ3n) is 2.98. The molecule has 0 aromatic carbocycles. The van der Waals surface area contributed by atoms with Crippen molar-refractivity contribution >= 4 is 5.97 Å². The number of rotatable bonds is 1. The number of carbonyl (C=O) groups is 1. The van der Waals surface area contributed by atoms with Crippen LogP contribution in [0.5, 0.6) is 0 Å². The van der Waals surface area contributed by atoms with Crippen molar-refractivity contribution in [3.05, 3.63) is 0 Å². The molecule has 0 radical (unpaired) electrons. The largest absolute Gasteiger partial charge is 0.464 e. The molecule has 0 N–H and O–H groups in total. The predicted octanol–water partition coefficient (Wildman–Crippen LogP) is 0.537. The number of likely N-dealkylation sites (tertiary alicyclic amines) is 1. The molecule has 0 amide bonds. The smallest absolute Gasteiger partial charge is 0.323 e. The summed E-state index contributed by atoms with van der Waals surface area (Å²) in [6.07, 6.45) is 2.77. The van der Waals surface area contributed by atoms with Crippen molar-refractivity contribution < 1.29 is 9.53 Å². The molecule has 4 nitrogen and oxygen atoms in total. The van der Waals surface area contributed by atoms with Gasteiger partial charge in [-0.05, 0) is 19.4 Å². The summed E-state index contributed by atoms with van der Waals surface area (Å²) < 4.78 is 4.92. The number of cyclic esters (lactones) is 1. The average Bonchev–Trinajstić information content (AvgIpc) is 2.65. The Kier molecular flexibility index (Phi) is 2.69. The van der Waals surface area contributed by atoms with Crippen molar-refractivity contribution in [1.29, 1.82) is 5.26 Å². The van der Waals surface area contributed by atoms with Crippen molar-refractivity contribution in [2.75, 3.05) is 19.7 Å². The van der Waals surface area contributed by atoms with Crippen molar-refractivity contribution in [1.82, 2.24) is 4.90 Å². The zero-order chi connectivity index (χ0) is 9.97. The van der Waals surface area contributed by atoms with Crippen LogP contribution in [0.1, 0.15) is 19.3 Å². The summed E-state index contributed by atoms with van der Waals surface area (Å²) in [4.78, 5) is 13.4. The minimum Gasteiger partial charge on any atom is -0.464 e. The van der Waals surface area contributed by atoms with Crippen LogP contribution in [0, 0.1) is 17.2 Å². The average molecular weight is 194 g/mol. The highest BCUT2D eigenvalue weighted by atomic mass is 16.5. The number of hydrogen-bond acceptors (Lipinski definition) is 4. The number of nitrogens with zero attached hydrogens (tertiary/aromatic N) is 2. The van der Waals surface area contributed by atoms with Crippen LogP contribution in [0.2, 0.25) is 0 Å². The molecular formula is C10H14N2O2. The van der Waals surface area contributed by atoms with Gasteiger partial charge in [0.25, 0.3) is 0 Å². The van der Waals surface area contributed by atoms with Crippen molar-refractivity contribution in [2.24, 2.45) is 5.92 Å². The second-order valence-corrected chi connectivity index (χ2v) is 3.94. The second kappa shape index (κ2) is 3.97. The lowest BCUT2D eigenvalue weighted by molar-refractivity contribution is -0.142. The van der Waals surface area contributed by atoms with Gasteiger partial charge in [0.1, 0.15) is 6.04 Å². The highest BCUT2D eigenvalue weighted by Crippen LogP contribution is 2.22. The molecule has 2 unspecified atom stereocenters. The summed E-state index contributed by atoms with van der Waals surface area (Å²) in [5.41, 5.74) is 0. The summed E-state index contributed by atoms with van der Waals surface area (Å²) in [5.74, 6) is -0.0132. The first kappa shape index (κ1) is 9.47.